The van der Waals surface area contributed by atoms with E-state index in [0.29, 0.717) is 10.7 Å². The van der Waals surface area contributed by atoms with Crippen LogP contribution < -0.4 is 5.73 Å². The maximum absolute atomic E-state index is 6.01. The van der Waals surface area contributed by atoms with Crippen LogP contribution in [0.15, 0.2) is 48.7 Å². The van der Waals surface area contributed by atoms with Crippen LogP contribution in [-0.2, 0) is 13.0 Å². The van der Waals surface area contributed by atoms with Crippen molar-refractivity contribution >= 4 is 28.2 Å². The third-order valence-electron chi connectivity index (χ3n) is 3.27. The maximum atomic E-state index is 6.01. The number of nitrogens with two attached hydrogens (primary N) is 1. The lowest BCUT2D eigenvalue weighted by atomic mass is 10.1. The number of fused-ring (bicyclic) bond motifs is 1. The Balaban J connectivity index is 1.88. The van der Waals surface area contributed by atoms with Crippen LogP contribution in [-0.4, -0.2) is 9.78 Å². The number of hydrogen-bond donors (Lipinski definition) is 1. The Morgan fingerprint density at radius 2 is 1.89 bits per heavy atom. The summed E-state index contributed by atoms with van der Waals surface area (Å²) in [7, 11) is 0. The molecule has 1 heterocycles. The van der Waals surface area contributed by atoms with E-state index < -0.39 is 0 Å². The predicted molar refractivity (Wildman–Crippen MR) is 79.3 cm³/mol. The van der Waals surface area contributed by atoms with Gasteiger partial charge in [-0.15, -0.1) is 0 Å². The van der Waals surface area contributed by atoms with Gasteiger partial charge in [-0.1, -0.05) is 41.9 Å². The Morgan fingerprint density at radius 3 is 2.68 bits per heavy atom. The minimum Gasteiger partial charge on any atom is -0.397 e. The van der Waals surface area contributed by atoms with Crippen molar-refractivity contribution in [3.63, 3.8) is 0 Å². The average molecular weight is 272 g/mol. The van der Waals surface area contributed by atoms with Gasteiger partial charge in [0.2, 0.25) is 0 Å². The summed E-state index contributed by atoms with van der Waals surface area (Å²) < 4.78 is 1.97. The minimum atomic E-state index is 0.579. The van der Waals surface area contributed by atoms with Gasteiger partial charge in [0, 0.05) is 11.9 Å². The van der Waals surface area contributed by atoms with Gasteiger partial charge in [-0.05, 0) is 24.1 Å². The van der Waals surface area contributed by atoms with E-state index in [-0.39, 0.29) is 0 Å². The van der Waals surface area contributed by atoms with E-state index in [2.05, 4.69) is 17.2 Å². The first-order valence-corrected chi connectivity index (χ1v) is 6.57. The molecule has 2 aromatic carbocycles. The largest absolute Gasteiger partial charge is 0.397 e. The van der Waals surface area contributed by atoms with E-state index in [1.165, 1.54) is 5.56 Å². The summed E-state index contributed by atoms with van der Waals surface area (Å²) in [6, 6.07) is 14.2. The number of benzene rings is 2. The first kappa shape index (κ1) is 12.1. The highest BCUT2D eigenvalue weighted by Crippen LogP contribution is 2.28. The SMILES string of the molecule is Nc1c(Cl)ccc2c1cnn2CCc1ccccc1. The molecule has 0 unspecified atom stereocenters. The summed E-state index contributed by atoms with van der Waals surface area (Å²) >= 11 is 6.01. The van der Waals surface area contributed by atoms with Gasteiger partial charge in [-0.3, -0.25) is 4.68 Å². The molecule has 1 aromatic heterocycles. The number of aromatic nitrogens is 2. The van der Waals surface area contributed by atoms with Gasteiger partial charge >= 0.3 is 0 Å². The number of halogens is 1. The summed E-state index contributed by atoms with van der Waals surface area (Å²) in [5.74, 6) is 0. The van der Waals surface area contributed by atoms with Crippen LogP contribution in [0.4, 0.5) is 5.69 Å². The van der Waals surface area contributed by atoms with Gasteiger partial charge in [0.1, 0.15) is 0 Å². The lowest BCUT2D eigenvalue weighted by molar-refractivity contribution is 0.635. The Labute approximate surface area is 116 Å². The highest BCUT2D eigenvalue weighted by Gasteiger charge is 2.08. The van der Waals surface area contributed by atoms with Crippen molar-refractivity contribution in [1.82, 2.24) is 9.78 Å². The van der Waals surface area contributed by atoms with Crippen LogP contribution >= 0.6 is 11.6 Å². The number of hydrogen-bond acceptors (Lipinski definition) is 2. The van der Waals surface area contributed by atoms with Crippen molar-refractivity contribution in [1.29, 1.82) is 0 Å². The molecule has 0 saturated heterocycles. The summed E-state index contributed by atoms with van der Waals surface area (Å²) in [5, 5.41) is 5.89. The second kappa shape index (κ2) is 4.94. The molecule has 4 heteroatoms. The molecule has 3 aromatic rings. The third-order valence-corrected chi connectivity index (χ3v) is 3.60. The van der Waals surface area contributed by atoms with Crippen LogP contribution in [0.2, 0.25) is 5.02 Å². The van der Waals surface area contributed by atoms with Crippen molar-refractivity contribution in [3.8, 4) is 0 Å². The molecule has 0 radical (unpaired) electrons. The van der Waals surface area contributed by atoms with E-state index >= 15 is 0 Å². The van der Waals surface area contributed by atoms with Crippen molar-refractivity contribution < 1.29 is 0 Å². The molecule has 0 fully saturated rings. The first-order valence-electron chi connectivity index (χ1n) is 6.19. The molecule has 19 heavy (non-hydrogen) atoms. The third kappa shape index (κ3) is 2.29. The maximum Gasteiger partial charge on any atom is 0.0704 e. The zero-order valence-corrected chi connectivity index (χ0v) is 11.1. The molecular formula is C15H14ClN3. The van der Waals surface area contributed by atoms with E-state index in [9.17, 15) is 0 Å². The van der Waals surface area contributed by atoms with Gasteiger partial charge in [0.05, 0.1) is 22.4 Å². The molecule has 2 N–H and O–H groups in total. The fourth-order valence-electron chi connectivity index (χ4n) is 2.21. The van der Waals surface area contributed by atoms with Gasteiger partial charge in [0.15, 0.2) is 0 Å². The van der Waals surface area contributed by atoms with Crippen molar-refractivity contribution in [2.75, 3.05) is 5.73 Å². The van der Waals surface area contributed by atoms with Crippen LogP contribution in [0.5, 0.6) is 0 Å². The van der Waals surface area contributed by atoms with Crippen LogP contribution in [0, 0.1) is 0 Å². The summed E-state index contributed by atoms with van der Waals surface area (Å²) in [4.78, 5) is 0. The second-order valence-corrected chi connectivity index (χ2v) is 4.90. The Bertz CT molecular complexity index is 704. The van der Waals surface area contributed by atoms with Crippen LogP contribution in [0.25, 0.3) is 10.9 Å². The molecule has 0 bridgehead atoms. The molecular weight excluding hydrogens is 258 g/mol. The van der Waals surface area contributed by atoms with Crippen molar-refractivity contribution in [2.24, 2.45) is 0 Å². The molecule has 3 rings (SSSR count). The van der Waals surface area contributed by atoms with E-state index in [4.69, 9.17) is 17.3 Å². The quantitative estimate of drug-likeness (QED) is 0.741. The van der Waals surface area contributed by atoms with E-state index in [1.807, 2.05) is 35.0 Å². The molecule has 96 valence electrons. The van der Waals surface area contributed by atoms with Gasteiger partial charge in [0.25, 0.3) is 0 Å². The van der Waals surface area contributed by atoms with Crippen LogP contribution in [0.1, 0.15) is 5.56 Å². The van der Waals surface area contributed by atoms with Gasteiger partial charge in [-0.25, -0.2) is 0 Å². The molecule has 0 aliphatic heterocycles. The smallest absolute Gasteiger partial charge is 0.0704 e. The highest BCUT2D eigenvalue weighted by molar-refractivity contribution is 6.34. The van der Waals surface area contributed by atoms with E-state index in [0.717, 1.165) is 23.9 Å². The average Bonchev–Trinajstić information content (AvgIpc) is 2.86. The number of anilines is 1. The second-order valence-electron chi connectivity index (χ2n) is 4.50. The number of nitrogens with zero attached hydrogens (tertiary/aromatic N) is 2. The van der Waals surface area contributed by atoms with Gasteiger partial charge < -0.3 is 5.73 Å². The predicted octanol–water partition coefficient (Wildman–Crippen LogP) is 3.51. The zero-order chi connectivity index (χ0) is 13.2. The molecule has 3 nitrogen and oxygen atoms in total. The molecule has 0 amide bonds. The summed E-state index contributed by atoms with van der Waals surface area (Å²) in [6.45, 7) is 0.828. The van der Waals surface area contributed by atoms with E-state index in [1.54, 1.807) is 6.20 Å². The summed E-state index contributed by atoms with van der Waals surface area (Å²) in [6.07, 6.45) is 2.72. The minimum absolute atomic E-state index is 0.579. The lowest BCUT2D eigenvalue weighted by Crippen LogP contribution is -2.02. The van der Waals surface area contributed by atoms with Gasteiger partial charge in [-0.2, -0.15) is 5.10 Å². The number of rotatable bonds is 3. The topological polar surface area (TPSA) is 43.8 Å². The standard InChI is InChI=1S/C15H14ClN3/c16-13-6-7-14-12(15(13)17)10-18-19(14)9-8-11-4-2-1-3-5-11/h1-7,10H,8-9,17H2. The fourth-order valence-corrected chi connectivity index (χ4v) is 2.37. The number of nitrogen functional groups attached to an aromatic ring is 1. The molecule has 0 spiro atoms. The molecule has 0 atom stereocenters. The van der Waals surface area contributed by atoms with Crippen molar-refractivity contribution in [2.45, 2.75) is 13.0 Å². The lowest BCUT2D eigenvalue weighted by Gasteiger charge is -2.05. The Kier molecular flexibility index (Phi) is 3.13. The summed E-state index contributed by atoms with van der Waals surface area (Å²) in [5.41, 5.74) is 8.88. The molecule has 0 aliphatic carbocycles. The monoisotopic (exact) mass is 271 g/mol. The highest BCUT2D eigenvalue weighted by atomic mass is 35.5. The van der Waals surface area contributed by atoms with Crippen LogP contribution in [0.3, 0.4) is 0 Å². The molecule has 0 saturated carbocycles. The first-order chi connectivity index (χ1) is 9.25. The fraction of sp³-hybridized carbons (Fsp3) is 0.133. The Morgan fingerprint density at radius 1 is 1.11 bits per heavy atom. The Hall–Kier alpha value is -2.00. The normalized spacial score (nSPS) is 11.0. The molecule has 0 aliphatic rings. The van der Waals surface area contributed by atoms with Crippen molar-refractivity contribution in [3.05, 3.63) is 59.2 Å². The number of aryl methyl sites for hydroxylation is 2. The zero-order valence-electron chi connectivity index (χ0n) is 10.4.